The van der Waals surface area contributed by atoms with Gasteiger partial charge in [-0.15, -0.1) is 0 Å². The van der Waals surface area contributed by atoms with E-state index < -0.39 is 0 Å². The molecule has 1 N–H and O–H groups in total. The van der Waals surface area contributed by atoms with Crippen molar-refractivity contribution in [1.29, 1.82) is 0 Å². The van der Waals surface area contributed by atoms with Crippen molar-refractivity contribution in [1.82, 2.24) is 0 Å². The van der Waals surface area contributed by atoms with Crippen LogP contribution in [-0.4, -0.2) is 11.7 Å². The summed E-state index contributed by atoms with van der Waals surface area (Å²) in [7, 11) is 0. The van der Waals surface area contributed by atoms with Gasteiger partial charge in [-0.2, -0.15) is 0 Å². The normalized spacial score (nSPS) is 20.1. The summed E-state index contributed by atoms with van der Waals surface area (Å²) in [4.78, 5) is 0. The first-order valence-electron chi connectivity index (χ1n) is 6.19. The van der Waals surface area contributed by atoms with Crippen LogP contribution < -0.4 is 0 Å². The number of hydrogen-bond acceptors (Lipinski definition) is 1. The van der Waals surface area contributed by atoms with Crippen molar-refractivity contribution >= 4 is 0 Å². The molecule has 1 heteroatoms. The van der Waals surface area contributed by atoms with Crippen molar-refractivity contribution in [2.45, 2.75) is 53.9 Å². The molecule has 0 amide bonds. The molecule has 0 spiro atoms. The highest BCUT2D eigenvalue weighted by molar-refractivity contribution is 4.73. The molecule has 0 bridgehead atoms. The average molecular weight is 200 g/mol. The van der Waals surface area contributed by atoms with Gasteiger partial charge in [0.1, 0.15) is 0 Å². The second-order valence-corrected chi connectivity index (χ2v) is 4.78. The Balaban J connectivity index is 4.17. The van der Waals surface area contributed by atoms with Crippen LogP contribution in [0.25, 0.3) is 0 Å². The van der Waals surface area contributed by atoms with Gasteiger partial charge in [0.25, 0.3) is 0 Å². The monoisotopic (exact) mass is 200 g/mol. The Kier molecular flexibility index (Phi) is 7.26. The molecule has 0 aromatic carbocycles. The highest BCUT2D eigenvalue weighted by atomic mass is 16.3. The molecular weight excluding hydrogens is 172 g/mol. The molecule has 4 atom stereocenters. The topological polar surface area (TPSA) is 20.2 Å². The smallest absolute Gasteiger partial charge is 0.0433 e. The molecule has 86 valence electrons. The van der Waals surface area contributed by atoms with Crippen molar-refractivity contribution in [2.75, 3.05) is 6.61 Å². The van der Waals surface area contributed by atoms with Crippen LogP contribution in [-0.2, 0) is 0 Å². The maximum Gasteiger partial charge on any atom is 0.0433 e. The fourth-order valence-corrected chi connectivity index (χ4v) is 2.32. The van der Waals surface area contributed by atoms with Gasteiger partial charge in [0.15, 0.2) is 0 Å². The van der Waals surface area contributed by atoms with Crippen LogP contribution in [0.15, 0.2) is 0 Å². The summed E-state index contributed by atoms with van der Waals surface area (Å²) in [6.45, 7) is 11.9. The molecule has 0 rings (SSSR count). The third-order valence-electron chi connectivity index (χ3n) is 4.14. The lowest BCUT2D eigenvalue weighted by Gasteiger charge is -2.31. The minimum atomic E-state index is 0.343. The third kappa shape index (κ3) is 4.00. The zero-order chi connectivity index (χ0) is 11.1. The first-order chi connectivity index (χ1) is 6.58. The van der Waals surface area contributed by atoms with Crippen LogP contribution in [0.1, 0.15) is 53.9 Å². The Morgan fingerprint density at radius 1 is 0.929 bits per heavy atom. The second kappa shape index (κ2) is 7.28. The molecule has 0 aliphatic heterocycles. The minimum Gasteiger partial charge on any atom is -0.396 e. The first kappa shape index (κ1) is 14.0. The van der Waals surface area contributed by atoms with E-state index in [1.807, 2.05) is 0 Å². The highest BCUT2D eigenvalue weighted by Crippen LogP contribution is 2.31. The molecule has 0 saturated heterocycles. The quantitative estimate of drug-likeness (QED) is 0.664. The van der Waals surface area contributed by atoms with Crippen LogP contribution in [0.5, 0.6) is 0 Å². The van der Waals surface area contributed by atoms with Gasteiger partial charge in [-0.25, -0.2) is 0 Å². The van der Waals surface area contributed by atoms with Gasteiger partial charge < -0.3 is 5.11 Å². The fourth-order valence-electron chi connectivity index (χ4n) is 2.32. The van der Waals surface area contributed by atoms with E-state index in [2.05, 4.69) is 34.6 Å². The van der Waals surface area contributed by atoms with E-state index in [1.54, 1.807) is 0 Å². The summed E-state index contributed by atoms with van der Waals surface area (Å²) < 4.78 is 0. The Morgan fingerprint density at radius 2 is 1.50 bits per heavy atom. The van der Waals surface area contributed by atoms with Crippen molar-refractivity contribution in [3.63, 3.8) is 0 Å². The molecule has 0 aliphatic rings. The molecule has 4 unspecified atom stereocenters. The summed E-state index contributed by atoms with van der Waals surface area (Å²) in [6, 6.07) is 0. The summed E-state index contributed by atoms with van der Waals surface area (Å²) in [6.07, 6.45) is 3.43. The van der Waals surface area contributed by atoms with Gasteiger partial charge in [-0.1, -0.05) is 47.5 Å². The highest BCUT2D eigenvalue weighted by Gasteiger charge is 2.24. The number of rotatable bonds is 7. The van der Waals surface area contributed by atoms with Gasteiger partial charge >= 0.3 is 0 Å². The summed E-state index contributed by atoms with van der Waals surface area (Å²) in [5.41, 5.74) is 0. The predicted molar refractivity (Wildman–Crippen MR) is 63.3 cm³/mol. The summed E-state index contributed by atoms with van der Waals surface area (Å²) in [5, 5.41) is 8.99. The third-order valence-corrected chi connectivity index (χ3v) is 4.14. The summed E-state index contributed by atoms with van der Waals surface area (Å²) in [5.74, 6) is 3.01. The fraction of sp³-hybridized carbons (Fsp3) is 1.00. The first-order valence-corrected chi connectivity index (χ1v) is 6.19. The Bertz CT molecular complexity index is 131. The maximum atomic E-state index is 8.99. The summed E-state index contributed by atoms with van der Waals surface area (Å²) >= 11 is 0. The molecule has 14 heavy (non-hydrogen) atoms. The molecule has 0 heterocycles. The van der Waals surface area contributed by atoms with E-state index in [1.165, 1.54) is 12.8 Å². The Hall–Kier alpha value is -0.0400. The van der Waals surface area contributed by atoms with Crippen LogP contribution in [0, 0.1) is 23.7 Å². The van der Waals surface area contributed by atoms with E-state index in [4.69, 9.17) is 5.11 Å². The lowest BCUT2D eigenvalue weighted by molar-refractivity contribution is 0.157. The van der Waals surface area contributed by atoms with E-state index in [0.717, 1.165) is 24.2 Å². The second-order valence-electron chi connectivity index (χ2n) is 4.78. The van der Waals surface area contributed by atoms with Crippen molar-refractivity contribution in [2.24, 2.45) is 23.7 Å². The van der Waals surface area contributed by atoms with E-state index in [9.17, 15) is 0 Å². The number of aliphatic hydroxyl groups excluding tert-OH is 1. The zero-order valence-electron chi connectivity index (χ0n) is 10.6. The van der Waals surface area contributed by atoms with Crippen molar-refractivity contribution in [3.8, 4) is 0 Å². The predicted octanol–water partition coefficient (Wildman–Crippen LogP) is 3.71. The Labute approximate surface area is 89.9 Å². The van der Waals surface area contributed by atoms with Crippen LogP contribution in [0.2, 0.25) is 0 Å². The van der Waals surface area contributed by atoms with E-state index in [-0.39, 0.29) is 0 Å². The lowest BCUT2D eigenvalue weighted by atomic mass is 9.75. The molecule has 0 aliphatic carbocycles. The van der Waals surface area contributed by atoms with Gasteiger partial charge in [0.2, 0.25) is 0 Å². The van der Waals surface area contributed by atoms with Gasteiger partial charge in [-0.3, -0.25) is 0 Å². The van der Waals surface area contributed by atoms with Gasteiger partial charge in [0.05, 0.1) is 0 Å². The molecule has 1 nitrogen and oxygen atoms in total. The number of aliphatic hydroxyl groups is 1. The Morgan fingerprint density at radius 3 is 1.86 bits per heavy atom. The van der Waals surface area contributed by atoms with Crippen LogP contribution in [0.4, 0.5) is 0 Å². The van der Waals surface area contributed by atoms with E-state index >= 15 is 0 Å². The molecule has 0 aromatic rings. The largest absolute Gasteiger partial charge is 0.396 e. The lowest BCUT2D eigenvalue weighted by Crippen LogP contribution is -2.24. The van der Waals surface area contributed by atoms with Crippen molar-refractivity contribution in [3.05, 3.63) is 0 Å². The van der Waals surface area contributed by atoms with Gasteiger partial charge in [0, 0.05) is 6.61 Å². The molecule has 0 saturated carbocycles. The van der Waals surface area contributed by atoms with Crippen LogP contribution in [0.3, 0.4) is 0 Å². The van der Waals surface area contributed by atoms with E-state index in [0.29, 0.717) is 12.5 Å². The average Bonchev–Trinajstić information content (AvgIpc) is 2.22. The zero-order valence-corrected chi connectivity index (χ0v) is 10.6. The molecule has 0 fully saturated rings. The SMILES string of the molecule is CCC(C)C(C)C(C)C(CC)CCO. The molecular formula is C13H28O. The van der Waals surface area contributed by atoms with Crippen LogP contribution >= 0.6 is 0 Å². The molecule has 0 aromatic heterocycles. The van der Waals surface area contributed by atoms with Gasteiger partial charge in [-0.05, 0) is 30.1 Å². The minimum absolute atomic E-state index is 0.343. The maximum absolute atomic E-state index is 8.99. The van der Waals surface area contributed by atoms with Crippen molar-refractivity contribution < 1.29 is 5.11 Å². The standard InChI is InChI=1S/C13H28O/c1-6-10(3)11(4)12(5)13(7-2)8-9-14/h10-14H,6-9H2,1-5H3. The number of hydrogen-bond donors (Lipinski definition) is 1. The molecule has 0 radical (unpaired) electrons.